The molecule has 100 valence electrons. The molecule has 0 radical (unpaired) electrons. The first-order valence-electron chi connectivity index (χ1n) is 6.10. The standard InChI is InChI=1S/C14H17N3O2/c1-9-4-5-13(19-9)10(2)17-14(18)11-6-7-16-8-12(11)15-3/h4-8,10,15H,1-3H3,(H,17,18). The summed E-state index contributed by atoms with van der Waals surface area (Å²) in [6.45, 7) is 3.76. The number of carbonyl (C=O) groups excluding carboxylic acids is 1. The first-order chi connectivity index (χ1) is 9.11. The van der Waals surface area contributed by atoms with E-state index in [0.29, 0.717) is 11.3 Å². The molecule has 2 aromatic rings. The van der Waals surface area contributed by atoms with E-state index in [2.05, 4.69) is 15.6 Å². The number of nitrogens with one attached hydrogen (secondary N) is 2. The van der Waals surface area contributed by atoms with Gasteiger partial charge >= 0.3 is 0 Å². The molecule has 0 saturated carbocycles. The molecule has 19 heavy (non-hydrogen) atoms. The van der Waals surface area contributed by atoms with Crippen LogP contribution in [-0.4, -0.2) is 17.9 Å². The summed E-state index contributed by atoms with van der Waals surface area (Å²) >= 11 is 0. The minimum atomic E-state index is -0.181. The van der Waals surface area contributed by atoms with E-state index < -0.39 is 0 Å². The average molecular weight is 259 g/mol. The fourth-order valence-corrected chi connectivity index (χ4v) is 1.82. The first kappa shape index (κ1) is 13.1. The second kappa shape index (κ2) is 5.56. The maximum atomic E-state index is 12.2. The number of nitrogens with zero attached hydrogens (tertiary/aromatic N) is 1. The van der Waals surface area contributed by atoms with Crippen LogP contribution < -0.4 is 10.6 Å². The number of pyridine rings is 1. The zero-order chi connectivity index (χ0) is 13.8. The highest BCUT2D eigenvalue weighted by Gasteiger charge is 2.16. The van der Waals surface area contributed by atoms with Crippen molar-refractivity contribution in [2.75, 3.05) is 12.4 Å². The van der Waals surface area contributed by atoms with Crippen molar-refractivity contribution in [2.45, 2.75) is 19.9 Å². The van der Waals surface area contributed by atoms with Crippen LogP contribution in [0.15, 0.2) is 35.0 Å². The predicted octanol–water partition coefficient (Wildman–Crippen LogP) is 2.52. The van der Waals surface area contributed by atoms with E-state index >= 15 is 0 Å². The van der Waals surface area contributed by atoms with E-state index in [4.69, 9.17) is 4.42 Å². The fourth-order valence-electron chi connectivity index (χ4n) is 1.82. The molecule has 0 bridgehead atoms. The molecule has 0 aromatic carbocycles. The van der Waals surface area contributed by atoms with Gasteiger partial charge < -0.3 is 15.1 Å². The van der Waals surface area contributed by atoms with E-state index in [1.54, 1.807) is 25.5 Å². The monoisotopic (exact) mass is 259 g/mol. The molecule has 0 aliphatic rings. The van der Waals surface area contributed by atoms with Gasteiger partial charge in [-0.15, -0.1) is 0 Å². The number of rotatable bonds is 4. The third-order valence-electron chi connectivity index (χ3n) is 2.87. The van der Waals surface area contributed by atoms with Crippen LogP contribution in [0.25, 0.3) is 0 Å². The maximum Gasteiger partial charge on any atom is 0.254 e. The van der Waals surface area contributed by atoms with Gasteiger partial charge in [0.25, 0.3) is 5.91 Å². The molecular formula is C14H17N3O2. The Morgan fingerprint density at radius 1 is 1.37 bits per heavy atom. The van der Waals surface area contributed by atoms with Gasteiger partial charge in [0.2, 0.25) is 0 Å². The summed E-state index contributed by atoms with van der Waals surface area (Å²) in [5.74, 6) is 1.41. The molecule has 2 rings (SSSR count). The van der Waals surface area contributed by atoms with E-state index in [1.807, 2.05) is 26.0 Å². The fraction of sp³-hybridized carbons (Fsp3) is 0.286. The van der Waals surface area contributed by atoms with Crippen LogP contribution >= 0.6 is 0 Å². The Labute approximate surface area is 112 Å². The molecule has 1 atom stereocenters. The lowest BCUT2D eigenvalue weighted by molar-refractivity contribution is 0.0936. The highest BCUT2D eigenvalue weighted by atomic mass is 16.3. The number of anilines is 1. The number of aryl methyl sites for hydroxylation is 1. The number of amides is 1. The minimum absolute atomic E-state index is 0.159. The quantitative estimate of drug-likeness (QED) is 0.885. The third kappa shape index (κ3) is 2.93. The Hall–Kier alpha value is -2.30. The Kier molecular flexibility index (Phi) is 3.85. The normalized spacial score (nSPS) is 11.9. The molecule has 5 heteroatoms. The van der Waals surface area contributed by atoms with E-state index in [-0.39, 0.29) is 11.9 Å². The number of furan rings is 1. The van der Waals surface area contributed by atoms with Crippen molar-refractivity contribution in [3.8, 4) is 0 Å². The molecule has 2 N–H and O–H groups in total. The van der Waals surface area contributed by atoms with E-state index in [1.165, 1.54) is 0 Å². The maximum absolute atomic E-state index is 12.2. The molecule has 2 heterocycles. The summed E-state index contributed by atoms with van der Waals surface area (Å²) < 4.78 is 5.50. The van der Waals surface area contributed by atoms with Gasteiger partial charge in [0.15, 0.2) is 0 Å². The van der Waals surface area contributed by atoms with Gasteiger partial charge in [-0.1, -0.05) is 0 Å². The van der Waals surface area contributed by atoms with Crippen molar-refractivity contribution in [2.24, 2.45) is 0 Å². The highest BCUT2D eigenvalue weighted by molar-refractivity contribution is 5.99. The lowest BCUT2D eigenvalue weighted by atomic mass is 10.2. The molecule has 1 unspecified atom stereocenters. The zero-order valence-corrected chi connectivity index (χ0v) is 11.2. The highest BCUT2D eigenvalue weighted by Crippen LogP contribution is 2.18. The second-order valence-electron chi connectivity index (χ2n) is 4.31. The lowest BCUT2D eigenvalue weighted by Gasteiger charge is -2.13. The van der Waals surface area contributed by atoms with Gasteiger partial charge in [-0.05, 0) is 32.0 Å². The van der Waals surface area contributed by atoms with Crippen LogP contribution in [0.4, 0.5) is 5.69 Å². The number of aromatic nitrogens is 1. The largest absolute Gasteiger partial charge is 0.464 e. The summed E-state index contributed by atoms with van der Waals surface area (Å²) in [5.41, 5.74) is 1.26. The van der Waals surface area contributed by atoms with Gasteiger partial charge in [0.05, 0.1) is 23.5 Å². The van der Waals surface area contributed by atoms with Crippen LogP contribution in [0.3, 0.4) is 0 Å². The Bertz CT molecular complexity index is 578. The van der Waals surface area contributed by atoms with E-state index in [0.717, 1.165) is 11.5 Å². The summed E-state index contributed by atoms with van der Waals surface area (Å²) in [6, 6.07) is 5.25. The third-order valence-corrected chi connectivity index (χ3v) is 2.87. The van der Waals surface area contributed by atoms with Crippen molar-refractivity contribution in [3.63, 3.8) is 0 Å². The van der Waals surface area contributed by atoms with Gasteiger partial charge in [-0.3, -0.25) is 9.78 Å². The molecule has 2 aromatic heterocycles. The number of hydrogen-bond acceptors (Lipinski definition) is 4. The van der Waals surface area contributed by atoms with Crippen LogP contribution in [0.2, 0.25) is 0 Å². The lowest BCUT2D eigenvalue weighted by Crippen LogP contribution is -2.27. The van der Waals surface area contributed by atoms with Crippen molar-refractivity contribution < 1.29 is 9.21 Å². The molecule has 5 nitrogen and oxygen atoms in total. The topological polar surface area (TPSA) is 67.2 Å². The minimum Gasteiger partial charge on any atom is -0.464 e. The van der Waals surface area contributed by atoms with Gasteiger partial charge in [-0.25, -0.2) is 0 Å². The molecule has 1 amide bonds. The number of carbonyl (C=O) groups is 1. The summed E-state index contributed by atoms with van der Waals surface area (Å²) in [7, 11) is 1.76. The van der Waals surface area contributed by atoms with Crippen molar-refractivity contribution >= 4 is 11.6 Å². The van der Waals surface area contributed by atoms with Gasteiger partial charge in [0.1, 0.15) is 11.5 Å². The van der Waals surface area contributed by atoms with Crippen LogP contribution in [0.5, 0.6) is 0 Å². The number of hydrogen-bond donors (Lipinski definition) is 2. The molecular weight excluding hydrogens is 242 g/mol. The predicted molar refractivity (Wildman–Crippen MR) is 73.1 cm³/mol. The molecule has 0 fully saturated rings. The first-order valence-corrected chi connectivity index (χ1v) is 6.10. The van der Waals surface area contributed by atoms with Crippen LogP contribution in [0, 0.1) is 6.92 Å². The molecule has 0 spiro atoms. The SMILES string of the molecule is CNc1cnccc1C(=O)NC(C)c1ccc(C)o1. The van der Waals surface area contributed by atoms with E-state index in [9.17, 15) is 4.79 Å². The van der Waals surface area contributed by atoms with Crippen molar-refractivity contribution in [3.05, 3.63) is 47.7 Å². The summed E-state index contributed by atoms with van der Waals surface area (Å²) in [5, 5.41) is 5.85. The summed E-state index contributed by atoms with van der Waals surface area (Å²) in [6.07, 6.45) is 3.22. The molecule has 0 saturated heterocycles. The van der Waals surface area contributed by atoms with Crippen molar-refractivity contribution in [1.82, 2.24) is 10.3 Å². The second-order valence-corrected chi connectivity index (χ2v) is 4.31. The van der Waals surface area contributed by atoms with Gasteiger partial charge in [0, 0.05) is 13.2 Å². The average Bonchev–Trinajstić information content (AvgIpc) is 2.85. The Balaban J connectivity index is 2.12. The molecule has 0 aliphatic heterocycles. The van der Waals surface area contributed by atoms with Crippen molar-refractivity contribution in [1.29, 1.82) is 0 Å². The molecule has 0 aliphatic carbocycles. The summed E-state index contributed by atoms with van der Waals surface area (Å²) in [4.78, 5) is 16.2. The smallest absolute Gasteiger partial charge is 0.254 e. The Morgan fingerprint density at radius 2 is 2.16 bits per heavy atom. The van der Waals surface area contributed by atoms with Crippen LogP contribution in [0.1, 0.15) is 34.8 Å². The van der Waals surface area contributed by atoms with Crippen LogP contribution in [-0.2, 0) is 0 Å². The van der Waals surface area contributed by atoms with Gasteiger partial charge in [-0.2, -0.15) is 0 Å². The Morgan fingerprint density at radius 3 is 2.79 bits per heavy atom. The zero-order valence-electron chi connectivity index (χ0n) is 11.2.